The highest BCUT2D eigenvalue weighted by Crippen LogP contribution is 2.32. The van der Waals surface area contributed by atoms with Gasteiger partial charge in [0.2, 0.25) is 0 Å². The van der Waals surface area contributed by atoms with Gasteiger partial charge in [-0.25, -0.2) is 4.98 Å². The Morgan fingerprint density at radius 2 is 1.67 bits per heavy atom. The number of nitrogens with zero attached hydrogens (tertiary/aromatic N) is 2. The number of carbonyl (C=O) groups excluding carboxylic acids is 3. The van der Waals surface area contributed by atoms with E-state index in [1.54, 1.807) is 50.4 Å². The van der Waals surface area contributed by atoms with Gasteiger partial charge < -0.3 is 30.3 Å². The van der Waals surface area contributed by atoms with Crippen molar-refractivity contribution in [3.8, 4) is 17.1 Å². The largest absolute Gasteiger partial charge is 0.619 e. The Hall–Kier alpha value is -5.19. The fourth-order valence-electron chi connectivity index (χ4n) is 3.90. The van der Waals surface area contributed by atoms with Crippen molar-refractivity contribution in [1.29, 1.82) is 0 Å². The first kappa shape index (κ1) is 26.9. The van der Waals surface area contributed by atoms with E-state index < -0.39 is 17.4 Å². The van der Waals surface area contributed by atoms with Crippen LogP contribution in [0.25, 0.3) is 11.3 Å². The van der Waals surface area contributed by atoms with Crippen LogP contribution < -0.4 is 25.4 Å². The van der Waals surface area contributed by atoms with Crippen LogP contribution in [0.4, 0.5) is 11.4 Å². The quantitative estimate of drug-likeness (QED) is 0.180. The molecule has 2 aromatic carbocycles. The third kappa shape index (κ3) is 6.98. The Bertz CT molecular complexity index is 1470. The van der Waals surface area contributed by atoms with Gasteiger partial charge in [0.1, 0.15) is 5.75 Å². The van der Waals surface area contributed by atoms with E-state index in [1.165, 1.54) is 38.0 Å². The van der Waals surface area contributed by atoms with Crippen LogP contribution in [0.15, 0.2) is 84.0 Å². The van der Waals surface area contributed by atoms with Crippen molar-refractivity contribution in [3.05, 3.63) is 95.9 Å². The van der Waals surface area contributed by atoms with Crippen molar-refractivity contribution in [2.75, 3.05) is 17.7 Å². The maximum Gasteiger partial charge on any atom is 0.313 e. The van der Waals surface area contributed by atoms with E-state index in [2.05, 4.69) is 20.9 Å². The first-order chi connectivity index (χ1) is 18.6. The molecule has 0 spiro atoms. The number of oxazole rings is 1. The maximum atomic E-state index is 12.6. The van der Waals surface area contributed by atoms with E-state index in [9.17, 15) is 19.6 Å². The van der Waals surface area contributed by atoms with Crippen LogP contribution >= 0.6 is 0 Å². The van der Waals surface area contributed by atoms with Crippen molar-refractivity contribution in [2.45, 2.75) is 25.8 Å². The van der Waals surface area contributed by atoms with Gasteiger partial charge in [0, 0.05) is 35.1 Å². The lowest BCUT2D eigenvalue weighted by molar-refractivity contribution is -0.605. The zero-order chi connectivity index (χ0) is 28.0. The number of anilines is 2. The molecule has 3 N–H and O–H groups in total. The topological polar surface area (TPSA) is 150 Å². The summed E-state index contributed by atoms with van der Waals surface area (Å²) in [6.07, 6.45) is 5.79. The molecule has 0 unspecified atom stereocenters. The van der Waals surface area contributed by atoms with E-state index in [0.717, 1.165) is 5.56 Å². The first-order valence-electron chi connectivity index (χ1n) is 11.9. The van der Waals surface area contributed by atoms with Crippen molar-refractivity contribution in [3.63, 3.8) is 0 Å². The number of nitrogens with one attached hydrogen (secondary N) is 3. The maximum absolute atomic E-state index is 12.6. The van der Waals surface area contributed by atoms with Gasteiger partial charge in [-0.1, -0.05) is 12.1 Å². The lowest BCUT2D eigenvalue weighted by Crippen LogP contribution is -2.49. The molecule has 0 aliphatic rings. The first-order valence-corrected chi connectivity index (χ1v) is 11.9. The van der Waals surface area contributed by atoms with Crippen LogP contribution in [-0.4, -0.2) is 35.4 Å². The van der Waals surface area contributed by atoms with E-state index in [0.29, 0.717) is 45.2 Å². The average Bonchev–Trinajstić information content (AvgIpc) is 3.44. The molecule has 11 nitrogen and oxygen atoms in total. The van der Waals surface area contributed by atoms with Gasteiger partial charge in [-0.15, -0.1) is 0 Å². The SMILES string of the molecule is COc1cc(NC(=O)C(=O)NC(C)(C)Cc2ccc(NC(=O)c3cc[n+]([O-])cc3)cc2)ccc1-c1cnco1. The second-order valence-electron chi connectivity index (χ2n) is 9.35. The number of hydrogen-bond donors (Lipinski definition) is 3. The summed E-state index contributed by atoms with van der Waals surface area (Å²) in [7, 11) is 1.49. The van der Waals surface area contributed by atoms with E-state index in [4.69, 9.17) is 9.15 Å². The Morgan fingerprint density at radius 1 is 0.974 bits per heavy atom. The van der Waals surface area contributed by atoms with Crippen molar-refractivity contribution >= 4 is 29.1 Å². The minimum absolute atomic E-state index is 0.341. The van der Waals surface area contributed by atoms with Gasteiger partial charge in [-0.2, -0.15) is 4.73 Å². The van der Waals surface area contributed by atoms with Crippen LogP contribution in [0.5, 0.6) is 5.75 Å². The molecule has 0 bridgehead atoms. The van der Waals surface area contributed by atoms with Gasteiger partial charge in [0.05, 0.1) is 24.4 Å². The van der Waals surface area contributed by atoms with Crippen LogP contribution in [0, 0.1) is 5.21 Å². The fraction of sp³-hybridized carbons (Fsp3) is 0.179. The number of carbonyl (C=O) groups is 3. The van der Waals surface area contributed by atoms with Crippen LogP contribution in [0.1, 0.15) is 29.8 Å². The minimum Gasteiger partial charge on any atom is -0.619 e. The lowest BCUT2D eigenvalue weighted by atomic mass is 9.94. The molecule has 0 aliphatic heterocycles. The van der Waals surface area contributed by atoms with Gasteiger partial charge >= 0.3 is 11.8 Å². The molecule has 4 aromatic rings. The molecule has 0 aliphatic carbocycles. The summed E-state index contributed by atoms with van der Waals surface area (Å²) < 4.78 is 11.3. The standard InChI is InChI=1S/C28H27N5O6/c1-28(2,15-18-4-6-20(7-5-18)30-25(34)19-10-12-33(37)13-11-19)32-27(36)26(35)31-21-8-9-22(23(14-21)38-3)24-16-29-17-39-24/h4-14,16-17H,15H2,1-3H3,(H,30,34)(H,31,35)(H,32,36). The Morgan fingerprint density at radius 3 is 2.31 bits per heavy atom. The summed E-state index contributed by atoms with van der Waals surface area (Å²) >= 11 is 0. The Kier molecular flexibility index (Phi) is 7.90. The van der Waals surface area contributed by atoms with Gasteiger partial charge in [0.15, 0.2) is 24.5 Å². The third-order valence-corrected chi connectivity index (χ3v) is 5.74. The number of amides is 3. The number of benzene rings is 2. The van der Waals surface area contributed by atoms with Crippen molar-refractivity contribution in [2.24, 2.45) is 0 Å². The molecule has 2 aromatic heterocycles. The van der Waals surface area contributed by atoms with E-state index >= 15 is 0 Å². The molecule has 200 valence electrons. The highest BCUT2D eigenvalue weighted by Gasteiger charge is 2.25. The second-order valence-corrected chi connectivity index (χ2v) is 9.35. The molecule has 4 rings (SSSR count). The molecule has 0 fully saturated rings. The number of pyridine rings is 1. The molecule has 0 saturated heterocycles. The summed E-state index contributed by atoms with van der Waals surface area (Å²) in [5.41, 5.74) is 2.12. The van der Waals surface area contributed by atoms with Gasteiger partial charge in [-0.05, 0) is 50.1 Å². The molecular weight excluding hydrogens is 502 g/mol. The molecule has 11 heteroatoms. The second kappa shape index (κ2) is 11.5. The number of methoxy groups -OCH3 is 1. The fourth-order valence-corrected chi connectivity index (χ4v) is 3.90. The zero-order valence-electron chi connectivity index (χ0n) is 21.6. The summed E-state index contributed by atoms with van der Waals surface area (Å²) in [5, 5.41) is 19.2. The average molecular weight is 530 g/mol. The summed E-state index contributed by atoms with van der Waals surface area (Å²) in [4.78, 5) is 41.5. The van der Waals surface area contributed by atoms with Crippen LogP contribution in [0.3, 0.4) is 0 Å². The monoisotopic (exact) mass is 529 g/mol. The smallest absolute Gasteiger partial charge is 0.313 e. The normalized spacial score (nSPS) is 10.9. The van der Waals surface area contributed by atoms with Crippen LogP contribution in [0.2, 0.25) is 0 Å². The molecule has 2 heterocycles. The van der Waals surface area contributed by atoms with Crippen molar-refractivity contribution < 1.29 is 28.3 Å². The molecule has 39 heavy (non-hydrogen) atoms. The van der Waals surface area contributed by atoms with Crippen molar-refractivity contribution in [1.82, 2.24) is 10.3 Å². The molecular formula is C28H27N5O6. The number of rotatable bonds is 8. The van der Waals surface area contributed by atoms with E-state index in [-0.39, 0.29) is 5.91 Å². The molecule has 0 radical (unpaired) electrons. The number of hydrogen-bond acceptors (Lipinski definition) is 7. The lowest BCUT2D eigenvalue weighted by Gasteiger charge is -2.26. The molecule has 3 amide bonds. The predicted octanol–water partition coefficient (Wildman–Crippen LogP) is 3.31. The number of ether oxygens (including phenoxy) is 1. The Balaban J connectivity index is 1.32. The van der Waals surface area contributed by atoms with E-state index in [1.807, 2.05) is 12.1 Å². The highest BCUT2D eigenvalue weighted by molar-refractivity contribution is 6.39. The molecule has 0 saturated carbocycles. The predicted molar refractivity (Wildman–Crippen MR) is 143 cm³/mol. The Labute approximate surface area is 224 Å². The minimum atomic E-state index is -0.820. The van der Waals surface area contributed by atoms with Crippen LogP contribution in [-0.2, 0) is 16.0 Å². The van der Waals surface area contributed by atoms with Gasteiger partial charge in [0.25, 0.3) is 5.91 Å². The summed E-state index contributed by atoms with van der Waals surface area (Å²) in [5.74, 6) is -0.992. The molecule has 0 atom stereocenters. The van der Waals surface area contributed by atoms with Gasteiger partial charge in [-0.3, -0.25) is 14.4 Å². The highest BCUT2D eigenvalue weighted by atomic mass is 16.5. The summed E-state index contributed by atoms with van der Waals surface area (Å²) in [6, 6.07) is 14.9. The summed E-state index contributed by atoms with van der Waals surface area (Å²) in [6.45, 7) is 3.61. The zero-order valence-corrected chi connectivity index (χ0v) is 21.6. The number of aromatic nitrogens is 2. The third-order valence-electron chi connectivity index (χ3n) is 5.74.